The van der Waals surface area contributed by atoms with Gasteiger partial charge in [-0.3, -0.25) is 9.69 Å². The molecule has 0 bridgehead atoms. The minimum atomic E-state index is -3.81. The molecule has 0 aromatic carbocycles. The third-order valence-corrected chi connectivity index (χ3v) is 6.48. The van der Waals surface area contributed by atoms with E-state index in [2.05, 4.69) is 10.1 Å². The summed E-state index contributed by atoms with van der Waals surface area (Å²) in [6.07, 6.45) is 0. The summed E-state index contributed by atoms with van der Waals surface area (Å²) in [6, 6.07) is 2.33. The van der Waals surface area contributed by atoms with Crippen molar-refractivity contribution in [2.45, 2.75) is 11.1 Å². The van der Waals surface area contributed by atoms with E-state index in [9.17, 15) is 18.0 Å². The number of carbonyl (C=O) groups is 2. The Bertz CT molecular complexity index is 772. The van der Waals surface area contributed by atoms with Gasteiger partial charge in [-0.2, -0.15) is 4.31 Å². The molecule has 2 aliphatic rings. The number of esters is 1. The minimum absolute atomic E-state index is 0.00701. The molecule has 1 aromatic heterocycles. The summed E-state index contributed by atoms with van der Waals surface area (Å²) in [5.74, 6) is -0.751. The fraction of sp³-hybridized carbons (Fsp3) is 0.571. The van der Waals surface area contributed by atoms with Gasteiger partial charge in [-0.25, -0.2) is 13.2 Å². The van der Waals surface area contributed by atoms with Crippen LogP contribution in [-0.4, -0.2) is 79.9 Å². The number of amides is 1. The molecule has 2 saturated heterocycles. The van der Waals surface area contributed by atoms with Crippen LogP contribution < -0.4 is 5.32 Å². The molecule has 2 fully saturated rings. The van der Waals surface area contributed by atoms with Crippen molar-refractivity contribution in [2.24, 2.45) is 7.05 Å². The Morgan fingerprint density at radius 2 is 2.04 bits per heavy atom. The molecule has 0 aliphatic carbocycles. The molecule has 10 heteroatoms. The van der Waals surface area contributed by atoms with E-state index in [1.807, 2.05) is 4.90 Å². The molecular formula is C14H20N4O5S. The van der Waals surface area contributed by atoms with E-state index < -0.39 is 22.0 Å². The highest BCUT2D eigenvalue weighted by molar-refractivity contribution is 7.89. The van der Waals surface area contributed by atoms with Crippen LogP contribution in [0.2, 0.25) is 0 Å². The molecule has 0 unspecified atom stereocenters. The molecule has 1 atom stereocenters. The Balaban J connectivity index is 1.87. The van der Waals surface area contributed by atoms with Gasteiger partial charge in [0.1, 0.15) is 11.7 Å². The zero-order valence-electron chi connectivity index (χ0n) is 13.6. The van der Waals surface area contributed by atoms with Gasteiger partial charge in [0, 0.05) is 39.8 Å². The lowest BCUT2D eigenvalue weighted by Crippen LogP contribution is -2.64. The number of hydrogen-bond acceptors (Lipinski definition) is 6. The molecule has 1 N–H and O–H groups in total. The second-order valence-corrected chi connectivity index (χ2v) is 7.70. The minimum Gasteiger partial charge on any atom is -0.464 e. The van der Waals surface area contributed by atoms with Crippen LogP contribution in [-0.2, 0) is 26.6 Å². The number of nitrogens with zero attached hydrogens (tertiary/aromatic N) is 3. The van der Waals surface area contributed by atoms with Crippen LogP contribution >= 0.6 is 0 Å². The van der Waals surface area contributed by atoms with Crippen LogP contribution in [0.3, 0.4) is 0 Å². The number of carbonyl (C=O) groups excluding carboxylic acids is 2. The van der Waals surface area contributed by atoms with E-state index >= 15 is 0 Å². The summed E-state index contributed by atoms with van der Waals surface area (Å²) < 4.78 is 33.1. The van der Waals surface area contributed by atoms with Crippen molar-refractivity contribution in [3.63, 3.8) is 0 Å². The third kappa shape index (κ3) is 2.70. The first kappa shape index (κ1) is 16.9. The molecule has 3 heterocycles. The second-order valence-electron chi connectivity index (χ2n) is 5.81. The quantitative estimate of drug-likeness (QED) is 0.670. The highest BCUT2D eigenvalue weighted by atomic mass is 32.2. The number of piperazine rings is 2. The van der Waals surface area contributed by atoms with Crippen LogP contribution in [0.4, 0.5) is 0 Å². The number of methoxy groups -OCH3 is 1. The Morgan fingerprint density at radius 3 is 2.75 bits per heavy atom. The predicted octanol–water partition coefficient (Wildman–Crippen LogP) is -1.38. The maximum atomic E-state index is 12.9. The molecule has 1 amide bonds. The molecule has 2 aliphatic heterocycles. The number of fused-ring (bicyclic) bond motifs is 1. The molecular weight excluding hydrogens is 336 g/mol. The number of sulfonamides is 1. The van der Waals surface area contributed by atoms with E-state index in [0.29, 0.717) is 19.6 Å². The second kappa shape index (κ2) is 6.19. The first-order valence-corrected chi connectivity index (χ1v) is 9.06. The van der Waals surface area contributed by atoms with Gasteiger partial charge >= 0.3 is 5.97 Å². The van der Waals surface area contributed by atoms with E-state index in [1.54, 1.807) is 0 Å². The van der Waals surface area contributed by atoms with Crippen molar-refractivity contribution >= 4 is 21.9 Å². The van der Waals surface area contributed by atoms with Crippen LogP contribution in [0.25, 0.3) is 0 Å². The maximum absolute atomic E-state index is 12.9. The number of hydrogen-bond donors (Lipinski definition) is 1. The first-order valence-electron chi connectivity index (χ1n) is 7.62. The van der Waals surface area contributed by atoms with Crippen LogP contribution in [0.1, 0.15) is 10.5 Å². The van der Waals surface area contributed by atoms with Crippen molar-refractivity contribution in [1.82, 2.24) is 19.1 Å². The molecule has 9 nitrogen and oxygen atoms in total. The van der Waals surface area contributed by atoms with Crippen molar-refractivity contribution in [3.05, 3.63) is 17.8 Å². The van der Waals surface area contributed by atoms with Crippen LogP contribution in [0, 0.1) is 0 Å². The number of ether oxygens (including phenoxy) is 1. The number of aromatic nitrogens is 1. The molecule has 0 radical (unpaired) electrons. The number of nitrogens with one attached hydrogen (secondary N) is 1. The average molecular weight is 356 g/mol. The summed E-state index contributed by atoms with van der Waals surface area (Å²) in [5.41, 5.74) is 0.158. The first-order chi connectivity index (χ1) is 11.4. The van der Waals surface area contributed by atoms with Crippen molar-refractivity contribution in [3.8, 4) is 0 Å². The molecule has 132 valence electrons. The number of rotatable bonds is 3. The van der Waals surface area contributed by atoms with Gasteiger partial charge in [0.25, 0.3) is 10.0 Å². The summed E-state index contributed by atoms with van der Waals surface area (Å²) >= 11 is 0. The molecule has 3 rings (SSSR count). The van der Waals surface area contributed by atoms with Crippen molar-refractivity contribution in [2.75, 3.05) is 39.8 Å². The standard InChI is InChI=1S/C14H20N4O5S/c1-16-10(14(20)23-2)3-4-12(16)24(21,22)18-8-7-17-6-5-15-13(19)11(17)9-18/h3-4,11H,5-9H2,1-2H3,(H,15,19)/t11-/m0/s1. The summed E-state index contributed by atoms with van der Waals surface area (Å²) in [7, 11) is -1.06. The summed E-state index contributed by atoms with van der Waals surface area (Å²) in [6.45, 7) is 2.23. The Hall–Kier alpha value is -1.91. The Labute approximate surface area is 140 Å². The largest absolute Gasteiger partial charge is 0.464 e. The lowest BCUT2D eigenvalue weighted by Gasteiger charge is -2.42. The zero-order chi connectivity index (χ0) is 17.5. The van der Waals surface area contributed by atoms with Gasteiger partial charge in [-0.05, 0) is 12.1 Å². The molecule has 0 spiro atoms. The van der Waals surface area contributed by atoms with Crippen molar-refractivity contribution in [1.29, 1.82) is 0 Å². The van der Waals surface area contributed by atoms with Gasteiger partial charge in [0.2, 0.25) is 5.91 Å². The Kier molecular flexibility index (Phi) is 4.37. The normalized spacial score (nSPS) is 22.8. The highest BCUT2D eigenvalue weighted by Gasteiger charge is 2.40. The van der Waals surface area contributed by atoms with Crippen LogP contribution in [0.5, 0.6) is 0 Å². The van der Waals surface area contributed by atoms with Gasteiger partial charge < -0.3 is 14.6 Å². The lowest BCUT2D eigenvalue weighted by atomic mass is 10.1. The Morgan fingerprint density at radius 1 is 1.29 bits per heavy atom. The van der Waals surface area contributed by atoms with Crippen LogP contribution in [0.15, 0.2) is 17.2 Å². The highest BCUT2D eigenvalue weighted by Crippen LogP contribution is 2.23. The van der Waals surface area contributed by atoms with Gasteiger partial charge in [0.05, 0.1) is 7.11 Å². The summed E-state index contributed by atoms with van der Waals surface area (Å²) in [5, 5.41) is 2.77. The van der Waals surface area contributed by atoms with Gasteiger partial charge in [0.15, 0.2) is 5.03 Å². The van der Waals surface area contributed by atoms with E-state index in [0.717, 1.165) is 6.54 Å². The monoisotopic (exact) mass is 356 g/mol. The fourth-order valence-corrected chi connectivity index (χ4v) is 4.77. The molecule has 1 aromatic rings. The third-order valence-electron chi connectivity index (χ3n) is 4.53. The zero-order valence-corrected chi connectivity index (χ0v) is 14.4. The van der Waals surface area contributed by atoms with Crippen molar-refractivity contribution < 1.29 is 22.7 Å². The van der Waals surface area contributed by atoms with E-state index in [-0.39, 0.29) is 23.2 Å². The molecule has 0 saturated carbocycles. The van der Waals surface area contributed by atoms with E-state index in [4.69, 9.17) is 0 Å². The fourth-order valence-electron chi connectivity index (χ4n) is 3.16. The average Bonchev–Trinajstić information content (AvgIpc) is 2.96. The topological polar surface area (TPSA) is 101 Å². The van der Waals surface area contributed by atoms with Gasteiger partial charge in [-0.15, -0.1) is 0 Å². The van der Waals surface area contributed by atoms with Gasteiger partial charge in [-0.1, -0.05) is 0 Å². The SMILES string of the molecule is COC(=O)c1ccc(S(=O)(=O)N2CCN3CCNC(=O)[C@@H]3C2)n1C. The maximum Gasteiger partial charge on any atom is 0.354 e. The molecule has 24 heavy (non-hydrogen) atoms. The lowest BCUT2D eigenvalue weighted by molar-refractivity contribution is -0.130. The smallest absolute Gasteiger partial charge is 0.354 e. The predicted molar refractivity (Wildman–Crippen MR) is 83.9 cm³/mol. The van der Waals surface area contributed by atoms with E-state index in [1.165, 1.54) is 35.2 Å². The summed E-state index contributed by atoms with van der Waals surface area (Å²) in [4.78, 5) is 25.7.